The molecule has 0 unspecified atom stereocenters. The van der Waals surface area contributed by atoms with Crippen LogP contribution in [0.4, 0.5) is 6.01 Å². The van der Waals surface area contributed by atoms with Crippen molar-refractivity contribution < 1.29 is 26.0 Å². The van der Waals surface area contributed by atoms with Gasteiger partial charge >= 0.3 is 6.01 Å². The predicted octanol–water partition coefficient (Wildman–Crippen LogP) is 2.57. The van der Waals surface area contributed by atoms with Crippen LogP contribution in [0, 0.1) is 0 Å². The van der Waals surface area contributed by atoms with E-state index in [0.717, 1.165) is 6.26 Å². The van der Waals surface area contributed by atoms with E-state index in [-0.39, 0.29) is 27.3 Å². The number of nitrogens with zero attached hydrogens (tertiary/aromatic N) is 2. The van der Waals surface area contributed by atoms with E-state index in [4.69, 9.17) is 4.42 Å². The molecule has 1 amide bonds. The molecule has 0 spiro atoms. The Bertz CT molecular complexity index is 1280. The molecule has 0 atom stereocenters. The fraction of sp³-hybridized carbons (Fsp3) is 0.211. The van der Waals surface area contributed by atoms with Crippen molar-refractivity contribution in [2.45, 2.75) is 28.9 Å². The van der Waals surface area contributed by atoms with Gasteiger partial charge in [-0.1, -0.05) is 5.10 Å². The smallest absolute Gasteiger partial charge is 0.322 e. The number of rotatable bonds is 6. The van der Waals surface area contributed by atoms with Gasteiger partial charge in [-0.2, -0.15) is 0 Å². The van der Waals surface area contributed by atoms with E-state index in [2.05, 4.69) is 15.5 Å². The van der Waals surface area contributed by atoms with Gasteiger partial charge in [-0.25, -0.2) is 16.8 Å². The summed E-state index contributed by atoms with van der Waals surface area (Å²) in [5, 5.41) is 9.49. The van der Waals surface area contributed by atoms with Crippen molar-refractivity contribution in [1.82, 2.24) is 10.2 Å². The minimum Gasteiger partial charge on any atom is -0.403 e. The van der Waals surface area contributed by atoms with E-state index in [1.54, 1.807) is 13.8 Å². The second-order valence-electron chi connectivity index (χ2n) is 6.78. The van der Waals surface area contributed by atoms with Gasteiger partial charge in [0.05, 0.1) is 15.0 Å². The van der Waals surface area contributed by atoms with Crippen LogP contribution in [0.2, 0.25) is 0 Å². The third-order valence-corrected chi connectivity index (χ3v) is 7.54. The van der Waals surface area contributed by atoms with Crippen LogP contribution in [-0.2, 0) is 19.7 Å². The number of sulfone groups is 2. The summed E-state index contributed by atoms with van der Waals surface area (Å²) in [5.41, 5.74) is 0.702. The molecule has 2 aromatic carbocycles. The molecule has 0 radical (unpaired) electrons. The van der Waals surface area contributed by atoms with Crippen LogP contribution in [0.15, 0.2) is 62.7 Å². The van der Waals surface area contributed by atoms with Gasteiger partial charge in [-0.3, -0.25) is 10.1 Å². The van der Waals surface area contributed by atoms with Gasteiger partial charge in [-0.05, 0) is 62.4 Å². The van der Waals surface area contributed by atoms with Crippen molar-refractivity contribution in [3.05, 3.63) is 54.1 Å². The normalized spacial score (nSPS) is 12.1. The Morgan fingerprint density at radius 1 is 0.900 bits per heavy atom. The van der Waals surface area contributed by atoms with Crippen LogP contribution in [0.3, 0.4) is 0 Å². The highest BCUT2D eigenvalue weighted by Gasteiger charge is 2.20. The third-order valence-electron chi connectivity index (χ3n) is 4.24. The SMILES string of the molecule is CC(C)S(=O)(=O)c1ccc(-c2nnc(NC(=O)c3ccc(S(C)(=O)=O)cc3)o2)cc1. The van der Waals surface area contributed by atoms with Crippen molar-refractivity contribution in [3.8, 4) is 11.5 Å². The summed E-state index contributed by atoms with van der Waals surface area (Å²) in [6, 6.07) is 11.2. The first-order valence-electron chi connectivity index (χ1n) is 8.78. The lowest BCUT2D eigenvalue weighted by Gasteiger charge is -2.07. The second kappa shape index (κ2) is 8.00. The predicted molar refractivity (Wildman–Crippen MR) is 110 cm³/mol. The molecule has 0 saturated carbocycles. The maximum atomic E-state index is 12.3. The Morgan fingerprint density at radius 2 is 1.47 bits per heavy atom. The van der Waals surface area contributed by atoms with Crippen molar-refractivity contribution in [2.75, 3.05) is 11.6 Å². The van der Waals surface area contributed by atoms with Gasteiger partial charge in [-0.15, -0.1) is 5.10 Å². The lowest BCUT2D eigenvalue weighted by Crippen LogP contribution is -2.13. The minimum atomic E-state index is -3.39. The molecule has 0 bridgehead atoms. The van der Waals surface area contributed by atoms with Crippen molar-refractivity contribution in [3.63, 3.8) is 0 Å². The van der Waals surface area contributed by atoms with Crippen LogP contribution in [0.1, 0.15) is 24.2 Å². The Hall–Kier alpha value is -3.05. The number of hydrogen-bond acceptors (Lipinski definition) is 8. The molecule has 0 aliphatic heterocycles. The molecule has 158 valence electrons. The molecule has 3 aromatic rings. The van der Waals surface area contributed by atoms with E-state index < -0.39 is 30.8 Å². The van der Waals surface area contributed by atoms with Crippen LogP contribution in [-0.4, -0.2) is 44.4 Å². The van der Waals surface area contributed by atoms with Crippen molar-refractivity contribution >= 4 is 31.6 Å². The fourth-order valence-electron chi connectivity index (χ4n) is 2.47. The third kappa shape index (κ3) is 4.57. The first-order chi connectivity index (χ1) is 14.0. The number of amides is 1. The number of aromatic nitrogens is 2. The number of carbonyl (C=O) groups excluding carboxylic acids is 1. The molecule has 1 aromatic heterocycles. The quantitative estimate of drug-likeness (QED) is 0.606. The Labute approximate surface area is 174 Å². The van der Waals surface area contributed by atoms with Gasteiger partial charge in [0, 0.05) is 17.4 Å². The standard InChI is InChI=1S/C19H19N3O6S2/c1-12(2)30(26,27)16-10-6-14(7-11-16)18-21-22-19(28-18)20-17(23)13-4-8-15(9-5-13)29(3,24)25/h4-12H,1-3H3,(H,20,22,23). The second-order valence-corrected chi connectivity index (χ2v) is 11.3. The average Bonchev–Trinajstić information content (AvgIpc) is 3.16. The fourth-order valence-corrected chi connectivity index (χ4v) is 4.16. The topological polar surface area (TPSA) is 136 Å². The van der Waals surface area contributed by atoms with Gasteiger partial charge < -0.3 is 4.42 Å². The monoisotopic (exact) mass is 449 g/mol. The molecule has 0 saturated heterocycles. The summed E-state index contributed by atoms with van der Waals surface area (Å²) in [6.07, 6.45) is 1.08. The molecule has 1 heterocycles. The highest BCUT2D eigenvalue weighted by molar-refractivity contribution is 7.92. The number of hydrogen-bond donors (Lipinski definition) is 1. The average molecular weight is 450 g/mol. The molecular weight excluding hydrogens is 430 g/mol. The molecule has 3 rings (SSSR count). The highest BCUT2D eigenvalue weighted by atomic mass is 32.2. The highest BCUT2D eigenvalue weighted by Crippen LogP contribution is 2.23. The number of nitrogens with one attached hydrogen (secondary N) is 1. The summed E-state index contributed by atoms with van der Waals surface area (Å²) in [7, 11) is -6.75. The molecular formula is C19H19N3O6S2. The number of benzene rings is 2. The summed E-state index contributed by atoms with van der Waals surface area (Å²) >= 11 is 0. The zero-order valence-electron chi connectivity index (χ0n) is 16.4. The summed E-state index contributed by atoms with van der Waals surface area (Å²) in [4.78, 5) is 12.6. The first-order valence-corrected chi connectivity index (χ1v) is 12.2. The molecule has 0 fully saturated rings. The zero-order chi connectivity index (χ0) is 22.1. The van der Waals surface area contributed by atoms with Crippen LogP contribution >= 0.6 is 0 Å². The number of anilines is 1. The Kier molecular flexibility index (Phi) is 5.77. The minimum absolute atomic E-state index is 0.0991. The van der Waals surface area contributed by atoms with Crippen molar-refractivity contribution in [1.29, 1.82) is 0 Å². The van der Waals surface area contributed by atoms with Crippen LogP contribution in [0.5, 0.6) is 0 Å². The van der Waals surface area contributed by atoms with E-state index in [1.807, 2.05) is 0 Å². The molecule has 0 aliphatic rings. The summed E-state index contributed by atoms with van der Waals surface area (Å²) < 4.78 is 52.7. The largest absolute Gasteiger partial charge is 0.403 e. The van der Waals surface area contributed by atoms with Crippen LogP contribution in [0.25, 0.3) is 11.5 Å². The molecule has 11 heteroatoms. The van der Waals surface area contributed by atoms with Gasteiger partial charge in [0.2, 0.25) is 5.89 Å². The molecule has 30 heavy (non-hydrogen) atoms. The Balaban J connectivity index is 1.74. The lowest BCUT2D eigenvalue weighted by atomic mass is 10.2. The van der Waals surface area contributed by atoms with Gasteiger partial charge in [0.1, 0.15) is 0 Å². The summed E-state index contributed by atoms with van der Waals surface area (Å²) in [6.45, 7) is 3.20. The lowest BCUT2D eigenvalue weighted by molar-refractivity contribution is 0.102. The molecule has 0 aliphatic carbocycles. The van der Waals surface area contributed by atoms with E-state index in [0.29, 0.717) is 5.56 Å². The van der Waals surface area contributed by atoms with Crippen LogP contribution < -0.4 is 5.32 Å². The Morgan fingerprint density at radius 3 is 2.00 bits per heavy atom. The van der Waals surface area contributed by atoms with Gasteiger partial charge in [0.15, 0.2) is 19.7 Å². The maximum absolute atomic E-state index is 12.3. The maximum Gasteiger partial charge on any atom is 0.322 e. The summed E-state index contributed by atoms with van der Waals surface area (Å²) in [5.74, 6) is -0.449. The van der Waals surface area contributed by atoms with Gasteiger partial charge in [0.25, 0.3) is 5.91 Å². The number of carbonyl (C=O) groups is 1. The van der Waals surface area contributed by atoms with E-state index >= 15 is 0 Å². The molecule has 1 N–H and O–H groups in total. The van der Waals surface area contributed by atoms with Crippen molar-refractivity contribution in [2.24, 2.45) is 0 Å². The van der Waals surface area contributed by atoms with E-state index in [9.17, 15) is 21.6 Å². The van der Waals surface area contributed by atoms with E-state index in [1.165, 1.54) is 48.5 Å². The molecule has 9 nitrogen and oxygen atoms in total. The first kappa shape index (κ1) is 21.7. The zero-order valence-corrected chi connectivity index (χ0v) is 18.0.